The Labute approximate surface area is 171 Å². The van der Waals surface area contributed by atoms with Crippen molar-refractivity contribution >= 4 is 31.5 Å². The summed E-state index contributed by atoms with van der Waals surface area (Å²) >= 11 is 1.95. The molecule has 2 aliphatic heterocycles. The van der Waals surface area contributed by atoms with E-state index in [-0.39, 0.29) is 0 Å². The zero-order valence-electron chi connectivity index (χ0n) is 16.5. The maximum absolute atomic E-state index is 9.41. The molecule has 0 spiro atoms. The fraction of sp³-hybridized carbons (Fsp3) is 0.500. The third-order valence-corrected chi connectivity index (χ3v) is 8.05. The van der Waals surface area contributed by atoms with Gasteiger partial charge in [-0.15, -0.1) is 11.3 Å². The van der Waals surface area contributed by atoms with Gasteiger partial charge in [-0.1, -0.05) is 36.4 Å². The van der Waals surface area contributed by atoms with E-state index in [2.05, 4.69) is 52.3 Å². The monoisotopic (exact) mass is 394 g/mol. The van der Waals surface area contributed by atoms with Gasteiger partial charge in [0.15, 0.2) is 0 Å². The van der Waals surface area contributed by atoms with Gasteiger partial charge in [-0.25, -0.2) is 0 Å². The van der Waals surface area contributed by atoms with Crippen LogP contribution in [0.15, 0.2) is 42.5 Å². The quantitative estimate of drug-likeness (QED) is 0.693. The van der Waals surface area contributed by atoms with E-state index in [9.17, 15) is 5.11 Å². The van der Waals surface area contributed by atoms with Gasteiger partial charge < -0.3 is 5.11 Å². The van der Waals surface area contributed by atoms with Gasteiger partial charge >= 0.3 is 0 Å². The number of fused-ring (bicyclic) bond motifs is 3. The minimum atomic E-state index is 0.365. The molecule has 5 rings (SSSR count). The molecule has 2 aliphatic rings. The molecule has 2 fully saturated rings. The lowest BCUT2D eigenvalue weighted by Crippen LogP contribution is -2.50. The first-order chi connectivity index (χ1) is 13.8. The van der Waals surface area contributed by atoms with Crippen LogP contribution in [-0.4, -0.2) is 53.7 Å². The number of piperidine rings is 2. The summed E-state index contributed by atoms with van der Waals surface area (Å²) in [5.74, 6) is 0.529. The summed E-state index contributed by atoms with van der Waals surface area (Å²) in [6.07, 6.45) is 4.95. The van der Waals surface area contributed by atoms with Crippen LogP contribution in [0.3, 0.4) is 0 Å². The van der Waals surface area contributed by atoms with E-state index in [1.54, 1.807) is 0 Å². The maximum atomic E-state index is 9.41. The van der Waals surface area contributed by atoms with E-state index >= 15 is 0 Å². The van der Waals surface area contributed by atoms with Crippen LogP contribution in [-0.2, 0) is 6.54 Å². The van der Waals surface area contributed by atoms with E-state index in [1.165, 1.54) is 51.7 Å². The van der Waals surface area contributed by atoms with Crippen LogP contribution in [0.5, 0.6) is 0 Å². The number of hydrogen-bond acceptors (Lipinski definition) is 4. The molecular formula is C24H30N2OS. The molecule has 0 bridgehead atoms. The Hall–Kier alpha value is -1.46. The summed E-state index contributed by atoms with van der Waals surface area (Å²) < 4.78 is 2.86. The first-order valence-corrected chi connectivity index (χ1v) is 11.6. The fourth-order valence-electron chi connectivity index (χ4n) is 5.14. The van der Waals surface area contributed by atoms with E-state index in [4.69, 9.17) is 0 Å². The molecule has 0 radical (unpaired) electrons. The van der Waals surface area contributed by atoms with Crippen LogP contribution >= 0.6 is 11.3 Å². The number of nitrogens with zero attached hydrogens (tertiary/aromatic N) is 2. The molecule has 0 amide bonds. The second-order valence-electron chi connectivity index (χ2n) is 8.59. The van der Waals surface area contributed by atoms with Crippen molar-refractivity contribution in [3.05, 3.63) is 48.0 Å². The van der Waals surface area contributed by atoms with Crippen molar-refractivity contribution in [2.45, 2.75) is 38.3 Å². The third-order valence-electron chi connectivity index (χ3n) is 6.78. The number of likely N-dealkylation sites (tertiary alicyclic amines) is 2. The molecule has 4 heteroatoms. The van der Waals surface area contributed by atoms with Crippen LogP contribution in [0.2, 0.25) is 0 Å². The average Bonchev–Trinajstić information content (AvgIpc) is 3.14. The highest BCUT2D eigenvalue weighted by atomic mass is 32.1. The number of thiophene rings is 1. The van der Waals surface area contributed by atoms with Gasteiger partial charge in [0.05, 0.1) is 0 Å². The second kappa shape index (κ2) is 8.11. The largest absolute Gasteiger partial charge is 0.396 e. The number of benzene rings is 2. The SMILES string of the molecule is OCC1CCN([C@@H]2CCCN(Cc3cccc4c3sc3ccccc34)C2)CC1. The Bertz CT molecular complexity index is 944. The summed E-state index contributed by atoms with van der Waals surface area (Å²) in [6, 6.07) is 16.3. The molecule has 0 saturated carbocycles. The summed E-state index contributed by atoms with van der Waals surface area (Å²) in [4.78, 5) is 5.36. The third kappa shape index (κ3) is 3.59. The fourth-order valence-corrected chi connectivity index (χ4v) is 6.35. The minimum Gasteiger partial charge on any atom is -0.396 e. The number of aliphatic hydroxyl groups is 1. The Morgan fingerprint density at radius 1 is 0.929 bits per heavy atom. The van der Waals surface area contributed by atoms with Gasteiger partial charge in [0.1, 0.15) is 0 Å². The van der Waals surface area contributed by atoms with Gasteiger partial charge in [0.25, 0.3) is 0 Å². The first kappa shape index (κ1) is 18.6. The Morgan fingerprint density at radius 3 is 2.61 bits per heavy atom. The minimum absolute atomic E-state index is 0.365. The Kier molecular flexibility index (Phi) is 5.38. The van der Waals surface area contributed by atoms with Crippen LogP contribution in [0, 0.1) is 5.92 Å². The molecule has 1 aromatic heterocycles. The highest BCUT2D eigenvalue weighted by Gasteiger charge is 2.28. The molecule has 3 heterocycles. The predicted molar refractivity (Wildman–Crippen MR) is 119 cm³/mol. The Balaban J connectivity index is 1.32. The van der Waals surface area contributed by atoms with Gasteiger partial charge in [-0.05, 0) is 62.9 Å². The average molecular weight is 395 g/mol. The van der Waals surface area contributed by atoms with E-state index in [0.29, 0.717) is 18.6 Å². The van der Waals surface area contributed by atoms with Gasteiger partial charge in [0, 0.05) is 45.9 Å². The molecule has 28 heavy (non-hydrogen) atoms. The molecule has 1 N–H and O–H groups in total. The second-order valence-corrected chi connectivity index (χ2v) is 9.64. The number of aliphatic hydroxyl groups excluding tert-OH is 1. The van der Waals surface area contributed by atoms with Crippen molar-refractivity contribution in [3.8, 4) is 0 Å². The molecule has 3 nitrogen and oxygen atoms in total. The van der Waals surface area contributed by atoms with Crippen LogP contribution in [0.1, 0.15) is 31.2 Å². The lowest BCUT2D eigenvalue weighted by atomic mass is 9.94. The standard InChI is InChI=1S/C24H30N2OS/c27-17-18-10-13-26(14-11-18)20-6-4-12-25(16-20)15-19-5-3-8-22-21-7-1-2-9-23(21)28-24(19)22/h1-3,5,7-9,18,20,27H,4,6,10-17H2/t20-/m1/s1. The number of rotatable bonds is 4. The molecule has 3 aromatic rings. The van der Waals surface area contributed by atoms with Crippen LogP contribution < -0.4 is 0 Å². The van der Waals surface area contributed by atoms with Gasteiger partial charge in [0.2, 0.25) is 0 Å². The molecular weight excluding hydrogens is 364 g/mol. The molecule has 2 saturated heterocycles. The number of hydrogen-bond donors (Lipinski definition) is 1. The Morgan fingerprint density at radius 2 is 1.75 bits per heavy atom. The summed E-state index contributed by atoms with van der Waals surface area (Å²) in [7, 11) is 0. The highest BCUT2D eigenvalue weighted by Crippen LogP contribution is 2.36. The first-order valence-electron chi connectivity index (χ1n) is 10.8. The summed E-state index contributed by atoms with van der Waals surface area (Å²) in [5, 5.41) is 12.2. The smallest absolute Gasteiger partial charge is 0.0460 e. The van der Waals surface area contributed by atoms with Crippen molar-refractivity contribution in [2.75, 3.05) is 32.8 Å². The predicted octanol–water partition coefficient (Wildman–Crippen LogP) is 4.72. The van der Waals surface area contributed by atoms with Crippen molar-refractivity contribution in [1.82, 2.24) is 9.80 Å². The molecule has 0 unspecified atom stereocenters. The van der Waals surface area contributed by atoms with Crippen molar-refractivity contribution in [2.24, 2.45) is 5.92 Å². The van der Waals surface area contributed by atoms with E-state index in [0.717, 1.165) is 32.5 Å². The molecule has 148 valence electrons. The highest BCUT2D eigenvalue weighted by molar-refractivity contribution is 7.26. The van der Waals surface area contributed by atoms with Crippen LogP contribution in [0.4, 0.5) is 0 Å². The van der Waals surface area contributed by atoms with Crippen molar-refractivity contribution in [1.29, 1.82) is 0 Å². The lowest BCUT2D eigenvalue weighted by molar-refractivity contribution is 0.0545. The molecule has 2 aromatic carbocycles. The summed E-state index contributed by atoms with van der Waals surface area (Å²) in [6.45, 7) is 6.15. The van der Waals surface area contributed by atoms with Crippen LogP contribution in [0.25, 0.3) is 20.2 Å². The van der Waals surface area contributed by atoms with Gasteiger partial charge in [-0.2, -0.15) is 0 Å². The zero-order valence-corrected chi connectivity index (χ0v) is 17.3. The lowest BCUT2D eigenvalue weighted by Gasteiger charge is -2.42. The zero-order chi connectivity index (χ0) is 18.9. The summed E-state index contributed by atoms with van der Waals surface area (Å²) in [5.41, 5.74) is 1.48. The van der Waals surface area contributed by atoms with Gasteiger partial charge in [-0.3, -0.25) is 9.80 Å². The van der Waals surface area contributed by atoms with E-state index in [1.807, 2.05) is 11.3 Å². The molecule has 1 atom stereocenters. The van der Waals surface area contributed by atoms with Crippen molar-refractivity contribution in [3.63, 3.8) is 0 Å². The topological polar surface area (TPSA) is 26.7 Å². The maximum Gasteiger partial charge on any atom is 0.0460 e. The molecule has 0 aliphatic carbocycles. The van der Waals surface area contributed by atoms with E-state index < -0.39 is 0 Å². The normalized spacial score (nSPS) is 23.0. The van der Waals surface area contributed by atoms with Crippen molar-refractivity contribution < 1.29 is 5.11 Å².